The van der Waals surface area contributed by atoms with Crippen molar-refractivity contribution in [2.75, 3.05) is 6.54 Å². The van der Waals surface area contributed by atoms with Crippen molar-refractivity contribution >= 4 is 5.91 Å². The molecule has 0 aliphatic rings. The van der Waals surface area contributed by atoms with Gasteiger partial charge < -0.3 is 11.1 Å². The average Bonchev–Trinajstić information content (AvgIpc) is 2.76. The summed E-state index contributed by atoms with van der Waals surface area (Å²) in [5.41, 5.74) is 5.61. The molecule has 1 rings (SSSR count). The van der Waals surface area contributed by atoms with E-state index in [1.807, 2.05) is 6.92 Å². The number of nitrogens with zero attached hydrogens (tertiary/aromatic N) is 2. The highest BCUT2D eigenvalue weighted by Crippen LogP contribution is 1.98. The van der Waals surface area contributed by atoms with Crippen molar-refractivity contribution < 1.29 is 4.79 Å². The molecular formula is C11H21N5O. The predicted molar refractivity (Wildman–Crippen MR) is 65.2 cm³/mol. The molecule has 1 unspecified atom stereocenters. The van der Waals surface area contributed by atoms with E-state index in [-0.39, 0.29) is 11.9 Å². The molecule has 1 atom stereocenters. The van der Waals surface area contributed by atoms with Crippen molar-refractivity contribution in [1.82, 2.24) is 20.5 Å². The molecule has 1 aromatic rings. The summed E-state index contributed by atoms with van der Waals surface area (Å²) < 4.78 is 0. The summed E-state index contributed by atoms with van der Waals surface area (Å²) in [7, 11) is 0. The highest BCUT2D eigenvalue weighted by Gasteiger charge is 2.02. The maximum absolute atomic E-state index is 11.4. The molecule has 17 heavy (non-hydrogen) atoms. The lowest BCUT2D eigenvalue weighted by atomic mass is 10.1. The number of carbonyl (C=O) groups is 1. The Balaban J connectivity index is 1.97. The summed E-state index contributed by atoms with van der Waals surface area (Å²) in [5, 5.41) is 9.42. The number of aromatic nitrogens is 3. The van der Waals surface area contributed by atoms with Crippen molar-refractivity contribution in [3.05, 3.63) is 12.2 Å². The van der Waals surface area contributed by atoms with Crippen LogP contribution in [0.15, 0.2) is 6.33 Å². The van der Waals surface area contributed by atoms with Crippen LogP contribution in [-0.4, -0.2) is 33.7 Å². The number of aryl methyl sites for hydroxylation is 1. The van der Waals surface area contributed by atoms with Crippen molar-refractivity contribution in [3.8, 4) is 0 Å². The minimum Gasteiger partial charge on any atom is -0.356 e. The molecular weight excluding hydrogens is 218 g/mol. The van der Waals surface area contributed by atoms with Crippen molar-refractivity contribution in [2.24, 2.45) is 5.73 Å². The molecule has 0 aliphatic carbocycles. The van der Waals surface area contributed by atoms with Crippen LogP contribution in [0.3, 0.4) is 0 Å². The van der Waals surface area contributed by atoms with Crippen LogP contribution in [0.1, 0.15) is 38.4 Å². The number of rotatable bonds is 8. The Kier molecular flexibility index (Phi) is 6.24. The van der Waals surface area contributed by atoms with E-state index < -0.39 is 0 Å². The van der Waals surface area contributed by atoms with Gasteiger partial charge in [0, 0.05) is 25.4 Å². The molecule has 1 amide bonds. The topological polar surface area (TPSA) is 96.7 Å². The van der Waals surface area contributed by atoms with E-state index in [1.165, 1.54) is 6.33 Å². The Hall–Kier alpha value is -1.43. The molecule has 1 heterocycles. The highest BCUT2D eigenvalue weighted by molar-refractivity contribution is 5.75. The highest BCUT2D eigenvalue weighted by atomic mass is 16.1. The van der Waals surface area contributed by atoms with Crippen molar-refractivity contribution in [1.29, 1.82) is 0 Å². The largest absolute Gasteiger partial charge is 0.356 e. The normalized spacial score (nSPS) is 12.4. The van der Waals surface area contributed by atoms with Crippen LogP contribution in [0, 0.1) is 0 Å². The molecule has 1 aromatic heterocycles. The number of aromatic amines is 1. The standard InChI is InChI=1S/C11H21N5O/c1-9(12)4-2-6-11(17)13-7-3-5-10-14-8-15-16-10/h8-9H,2-7,12H2,1H3,(H,13,17)(H,14,15,16). The Morgan fingerprint density at radius 1 is 1.59 bits per heavy atom. The lowest BCUT2D eigenvalue weighted by Crippen LogP contribution is -2.25. The first-order valence-corrected chi connectivity index (χ1v) is 6.05. The van der Waals surface area contributed by atoms with E-state index in [0.29, 0.717) is 13.0 Å². The first-order valence-electron chi connectivity index (χ1n) is 6.05. The third-order valence-corrected chi connectivity index (χ3v) is 2.44. The van der Waals surface area contributed by atoms with Gasteiger partial charge in [0.25, 0.3) is 0 Å². The zero-order chi connectivity index (χ0) is 12.5. The maximum atomic E-state index is 11.4. The van der Waals surface area contributed by atoms with Crippen LogP contribution in [0.25, 0.3) is 0 Å². The molecule has 4 N–H and O–H groups in total. The fraction of sp³-hybridized carbons (Fsp3) is 0.727. The van der Waals surface area contributed by atoms with Gasteiger partial charge in [-0.2, -0.15) is 5.10 Å². The number of hydrogen-bond donors (Lipinski definition) is 3. The Bertz CT molecular complexity index is 310. The van der Waals surface area contributed by atoms with Gasteiger partial charge in [-0.05, 0) is 26.2 Å². The first kappa shape index (κ1) is 13.6. The van der Waals surface area contributed by atoms with Crippen LogP contribution in [-0.2, 0) is 11.2 Å². The Labute approximate surface area is 101 Å². The molecule has 0 aromatic carbocycles. The van der Waals surface area contributed by atoms with Gasteiger partial charge in [0.15, 0.2) is 0 Å². The number of carbonyl (C=O) groups excluding carboxylic acids is 1. The third kappa shape index (κ3) is 6.68. The second-order valence-electron chi connectivity index (χ2n) is 4.26. The Morgan fingerprint density at radius 3 is 3.06 bits per heavy atom. The van der Waals surface area contributed by atoms with Crippen LogP contribution in [0.4, 0.5) is 0 Å². The third-order valence-electron chi connectivity index (χ3n) is 2.44. The van der Waals surface area contributed by atoms with Gasteiger partial charge in [-0.15, -0.1) is 0 Å². The van der Waals surface area contributed by atoms with Gasteiger partial charge in [0.1, 0.15) is 12.2 Å². The van der Waals surface area contributed by atoms with E-state index in [9.17, 15) is 4.79 Å². The fourth-order valence-electron chi connectivity index (χ4n) is 1.51. The van der Waals surface area contributed by atoms with E-state index in [2.05, 4.69) is 20.5 Å². The minimum atomic E-state index is 0.100. The second kappa shape index (κ2) is 7.78. The minimum absolute atomic E-state index is 0.100. The molecule has 6 nitrogen and oxygen atoms in total. The van der Waals surface area contributed by atoms with Crippen molar-refractivity contribution in [2.45, 2.75) is 45.1 Å². The van der Waals surface area contributed by atoms with Gasteiger partial charge in [-0.3, -0.25) is 9.89 Å². The summed E-state index contributed by atoms with van der Waals surface area (Å²) >= 11 is 0. The van der Waals surface area contributed by atoms with E-state index in [0.717, 1.165) is 31.5 Å². The van der Waals surface area contributed by atoms with E-state index >= 15 is 0 Å². The quantitative estimate of drug-likeness (QED) is 0.571. The monoisotopic (exact) mass is 239 g/mol. The lowest BCUT2D eigenvalue weighted by Gasteiger charge is -2.06. The molecule has 0 spiro atoms. The molecule has 0 bridgehead atoms. The molecule has 0 aliphatic heterocycles. The lowest BCUT2D eigenvalue weighted by molar-refractivity contribution is -0.121. The summed E-state index contributed by atoms with van der Waals surface area (Å²) in [6.07, 6.45) is 5.47. The maximum Gasteiger partial charge on any atom is 0.219 e. The van der Waals surface area contributed by atoms with Gasteiger partial charge >= 0.3 is 0 Å². The first-order chi connectivity index (χ1) is 8.18. The predicted octanol–water partition coefficient (Wildman–Crippen LogP) is 0.371. The SMILES string of the molecule is CC(N)CCCC(=O)NCCCc1ncn[nH]1. The van der Waals surface area contributed by atoms with Crippen LogP contribution < -0.4 is 11.1 Å². The number of nitrogens with two attached hydrogens (primary N) is 1. The van der Waals surface area contributed by atoms with E-state index in [4.69, 9.17) is 5.73 Å². The van der Waals surface area contributed by atoms with E-state index in [1.54, 1.807) is 0 Å². The molecule has 6 heteroatoms. The number of amides is 1. The number of nitrogens with one attached hydrogen (secondary N) is 2. The average molecular weight is 239 g/mol. The van der Waals surface area contributed by atoms with Gasteiger partial charge in [-0.1, -0.05) is 0 Å². The van der Waals surface area contributed by atoms with Crippen LogP contribution in [0.5, 0.6) is 0 Å². The molecule has 96 valence electrons. The molecule has 0 saturated carbocycles. The van der Waals surface area contributed by atoms with Crippen LogP contribution >= 0.6 is 0 Å². The summed E-state index contributed by atoms with van der Waals surface area (Å²) in [5.74, 6) is 0.958. The van der Waals surface area contributed by atoms with Gasteiger partial charge in [0.2, 0.25) is 5.91 Å². The molecule has 0 radical (unpaired) electrons. The zero-order valence-corrected chi connectivity index (χ0v) is 10.3. The summed E-state index contributed by atoms with van der Waals surface area (Å²) in [4.78, 5) is 15.4. The smallest absolute Gasteiger partial charge is 0.219 e. The van der Waals surface area contributed by atoms with Crippen molar-refractivity contribution in [3.63, 3.8) is 0 Å². The van der Waals surface area contributed by atoms with Crippen LogP contribution in [0.2, 0.25) is 0 Å². The Morgan fingerprint density at radius 2 is 2.41 bits per heavy atom. The number of hydrogen-bond acceptors (Lipinski definition) is 4. The fourth-order valence-corrected chi connectivity index (χ4v) is 1.51. The molecule has 0 fully saturated rings. The van der Waals surface area contributed by atoms with Gasteiger partial charge in [0.05, 0.1) is 0 Å². The van der Waals surface area contributed by atoms with Gasteiger partial charge in [-0.25, -0.2) is 4.98 Å². The second-order valence-corrected chi connectivity index (χ2v) is 4.26. The zero-order valence-electron chi connectivity index (χ0n) is 10.3. The molecule has 0 saturated heterocycles. The summed E-state index contributed by atoms with van der Waals surface area (Å²) in [6.45, 7) is 2.63. The number of H-pyrrole nitrogens is 1. The summed E-state index contributed by atoms with van der Waals surface area (Å²) in [6, 6.07) is 0.175.